The van der Waals surface area contributed by atoms with Crippen LogP contribution in [0.3, 0.4) is 0 Å². The van der Waals surface area contributed by atoms with Crippen molar-refractivity contribution in [3.63, 3.8) is 0 Å². The van der Waals surface area contributed by atoms with Crippen molar-refractivity contribution in [2.24, 2.45) is 0 Å². The lowest BCUT2D eigenvalue weighted by molar-refractivity contribution is 0.174. The molecule has 2 aromatic carbocycles. The summed E-state index contributed by atoms with van der Waals surface area (Å²) in [5.41, 5.74) is 8.44. The van der Waals surface area contributed by atoms with Crippen molar-refractivity contribution >= 4 is 34.6 Å². The van der Waals surface area contributed by atoms with Crippen molar-refractivity contribution in [3.8, 4) is 11.5 Å². The van der Waals surface area contributed by atoms with Crippen LogP contribution in [0.2, 0.25) is 5.02 Å². The number of nitrogens with two attached hydrogens (primary N) is 1. The van der Waals surface area contributed by atoms with Gasteiger partial charge in [0.25, 0.3) is 0 Å². The van der Waals surface area contributed by atoms with E-state index in [0.717, 1.165) is 22.7 Å². The third-order valence-electron chi connectivity index (χ3n) is 3.87. The molecule has 0 radical (unpaired) electrons. The molecule has 1 aromatic heterocycles. The average molecular weight is 370 g/mol. The van der Waals surface area contributed by atoms with Gasteiger partial charge in [-0.25, -0.2) is 9.97 Å². The van der Waals surface area contributed by atoms with Gasteiger partial charge in [0.2, 0.25) is 6.79 Å². The summed E-state index contributed by atoms with van der Waals surface area (Å²) in [5, 5.41) is 7.00. The fourth-order valence-corrected chi connectivity index (χ4v) is 2.77. The van der Waals surface area contributed by atoms with Crippen LogP contribution in [0.4, 0.5) is 23.0 Å². The van der Waals surface area contributed by atoms with Crippen LogP contribution in [0, 0.1) is 0 Å². The molecule has 0 saturated carbocycles. The Balaban J connectivity index is 1.49. The zero-order valence-electron chi connectivity index (χ0n) is 13.7. The molecule has 0 atom stereocenters. The second-order valence-corrected chi connectivity index (χ2v) is 6.10. The van der Waals surface area contributed by atoms with Crippen LogP contribution in [0.1, 0.15) is 5.56 Å². The molecule has 4 N–H and O–H groups in total. The first-order chi connectivity index (χ1) is 12.7. The van der Waals surface area contributed by atoms with Crippen LogP contribution in [0.15, 0.2) is 48.8 Å². The first-order valence-electron chi connectivity index (χ1n) is 7.94. The summed E-state index contributed by atoms with van der Waals surface area (Å²) in [6.45, 7) is 0.790. The van der Waals surface area contributed by atoms with E-state index in [1.54, 1.807) is 12.1 Å². The zero-order chi connectivity index (χ0) is 17.9. The van der Waals surface area contributed by atoms with Gasteiger partial charge < -0.3 is 25.8 Å². The number of halogens is 1. The van der Waals surface area contributed by atoms with Gasteiger partial charge in [0.15, 0.2) is 23.1 Å². The van der Waals surface area contributed by atoms with Crippen molar-refractivity contribution in [1.29, 1.82) is 0 Å². The molecular formula is C18H16ClN5O2. The normalized spacial score (nSPS) is 12.0. The quantitative estimate of drug-likeness (QED) is 0.629. The van der Waals surface area contributed by atoms with Gasteiger partial charge in [0, 0.05) is 17.3 Å². The first-order valence-corrected chi connectivity index (χ1v) is 8.32. The molecule has 0 spiro atoms. The molecule has 3 aromatic rings. The summed E-state index contributed by atoms with van der Waals surface area (Å²) in [4.78, 5) is 8.42. The SMILES string of the molecule is Nc1c(NCc2ccc3c(c2)OCO3)ncnc1Nc1cccc(Cl)c1. The van der Waals surface area contributed by atoms with E-state index in [-0.39, 0.29) is 6.79 Å². The average Bonchev–Trinajstić information content (AvgIpc) is 3.10. The number of hydrogen-bond acceptors (Lipinski definition) is 7. The molecule has 26 heavy (non-hydrogen) atoms. The van der Waals surface area contributed by atoms with E-state index in [1.807, 2.05) is 30.3 Å². The molecule has 0 bridgehead atoms. The van der Waals surface area contributed by atoms with E-state index in [0.29, 0.717) is 28.9 Å². The molecule has 1 aliphatic rings. The Labute approximate surface area is 155 Å². The van der Waals surface area contributed by atoms with Crippen molar-refractivity contribution in [1.82, 2.24) is 9.97 Å². The molecule has 4 rings (SSSR count). The summed E-state index contributed by atoms with van der Waals surface area (Å²) in [7, 11) is 0. The Hall–Kier alpha value is -3.19. The van der Waals surface area contributed by atoms with Gasteiger partial charge in [-0.3, -0.25) is 0 Å². The highest BCUT2D eigenvalue weighted by Gasteiger charge is 2.14. The molecule has 7 nitrogen and oxygen atoms in total. The fraction of sp³-hybridized carbons (Fsp3) is 0.111. The number of nitrogens with zero attached hydrogens (tertiary/aromatic N) is 2. The van der Waals surface area contributed by atoms with Crippen LogP contribution in [0.25, 0.3) is 0 Å². The smallest absolute Gasteiger partial charge is 0.231 e. The third-order valence-corrected chi connectivity index (χ3v) is 4.10. The molecule has 0 saturated heterocycles. The maximum atomic E-state index is 6.20. The van der Waals surface area contributed by atoms with Crippen LogP contribution < -0.4 is 25.8 Å². The number of ether oxygens (including phenoxy) is 2. The maximum Gasteiger partial charge on any atom is 0.231 e. The Morgan fingerprint density at radius 1 is 1.04 bits per heavy atom. The highest BCUT2D eigenvalue weighted by molar-refractivity contribution is 6.30. The van der Waals surface area contributed by atoms with Gasteiger partial charge in [-0.2, -0.15) is 0 Å². The lowest BCUT2D eigenvalue weighted by atomic mass is 10.2. The summed E-state index contributed by atoms with van der Waals surface area (Å²) < 4.78 is 10.7. The molecule has 8 heteroatoms. The number of hydrogen-bond donors (Lipinski definition) is 3. The summed E-state index contributed by atoms with van der Waals surface area (Å²) in [5.74, 6) is 2.55. The number of nitrogen functional groups attached to an aromatic ring is 1. The van der Waals surface area contributed by atoms with Crippen molar-refractivity contribution < 1.29 is 9.47 Å². The highest BCUT2D eigenvalue weighted by atomic mass is 35.5. The lowest BCUT2D eigenvalue weighted by Crippen LogP contribution is -2.08. The third kappa shape index (κ3) is 3.43. The number of nitrogens with one attached hydrogen (secondary N) is 2. The topological polar surface area (TPSA) is 94.3 Å². The Bertz CT molecular complexity index is 951. The second-order valence-electron chi connectivity index (χ2n) is 5.66. The maximum absolute atomic E-state index is 6.20. The lowest BCUT2D eigenvalue weighted by Gasteiger charge is -2.13. The van der Waals surface area contributed by atoms with Crippen LogP contribution >= 0.6 is 11.6 Å². The number of rotatable bonds is 5. The minimum atomic E-state index is 0.254. The van der Waals surface area contributed by atoms with Crippen molar-refractivity contribution in [2.45, 2.75) is 6.54 Å². The first kappa shape index (κ1) is 16.3. The van der Waals surface area contributed by atoms with Crippen LogP contribution in [-0.2, 0) is 6.54 Å². The predicted molar refractivity (Wildman–Crippen MR) is 101 cm³/mol. The largest absolute Gasteiger partial charge is 0.454 e. The van der Waals surface area contributed by atoms with Gasteiger partial charge in [0.1, 0.15) is 12.0 Å². The van der Waals surface area contributed by atoms with Crippen LogP contribution in [0.5, 0.6) is 11.5 Å². The van der Waals surface area contributed by atoms with Gasteiger partial charge in [-0.05, 0) is 35.9 Å². The van der Waals surface area contributed by atoms with Crippen molar-refractivity contribution in [3.05, 3.63) is 59.4 Å². The van der Waals surface area contributed by atoms with Crippen molar-refractivity contribution in [2.75, 3.05) is 23.2 Å². The number of fused-ring (bicyclic) bond motifs is 1. The van der Waals surface area contributed by atoms with E-state index in [9.17, 15) is 0 Å². The Morgan fingerprint density at radius 3 is 2.77 bits per heavy atom. The van der Waals surface area contributed by atoms with E-state index in [2.05, 4.69) is 20.6 Å². The Morgan fingerprint density at radius 2 is 1.88 bits per heavy atom. The van der Waals surface area contributed by atoms with E-state index < -0.39 is 0 Å². The minimum absolute atomic E-state index is 0.254. The number of benzene rings is 2. The van der Waals surface area contributed by atoms with Gasteiger partial charge in [0.05, 0.1) is 0 Å². The summed E-state index contributed by atoms with van der Waals surface area (Å²) in [6, 6.07) is 13.1. The molecule has 2 heterocycles. The summed E-state index contributed by atoms with van der Waals surface area (Å²) >= 11 is 6.00. The van der Waals surface area contributed by atoms with Gasteiger partial charge in [-0.1, -0.05) is 23.7 Å². The number of aromatic nitrogens is 2. The molecule has 0 amide bonds. The fourth-order valence-electron chi connectivity index (χ4n) is 2.58. The second kappa shape index (κ2) is 6.97. The van der Waals surface area contributed by atoms with Gasteiger partial charge in [-0.15, -0.1) is 0 Å². The summed E-state index contributed by atoms with van der Waals surface area (Å²) in [6.07, 6.45) is 1.45. The van der Waals surface area contributed by atoms with E-state index in [4.69, 9.17) is 26.8 Å². The number of anilines is 4. The standard InChI is InChI=1S/C18H16ClN5O2/c19-12-2-1-3-13(7-12)24-18-16(20)17(22-9-23-18)21-8-11-4-5-14-15(6-11)26-10-25-14/h1-7,9H,8,10,20H2,(H2,21,22,23,24). The molecule has 132 valence electrons. The molecule has 1 aliphatic heterocycles. The Kier molecular flexibility index (Phi) is 4.37. The van der Waals surface area contributed by atoms with E-state index >= 15 is 0 Å². The highest BCUT2D eigenvalue weighted by Crippen LogP contribution is 2.33. The molecule has 0 fully saturated rings. The monoisotopic (exact) mass is 369 g/mol. The zero-order valence-corrected chi connectivity index (χ0v) is 14.5. The van der Waals surface area contributed by atoms with E-state index in [1.165, 1.54) is 6.33 Å². The van der Waals surface area contributed by atoms with Crippen LogP contribution in [-0.4, -0.2) is 16.8 Å². The molecule has 0 unspecified atom stereocenters. The minimum Gasteiger partial charge on any atom is -0.454 e. The molecular weight excluding hydrogens is 354 g/mol. The predicted octanol–water partition coefficient (Wildman–Crippen LogP) is 3.80. The molecule has 0 aliphatic carbocycles. The van der Waals surface area contributed by atoms with Gasteiger partial charge >= 0.3 is 0 Å².